The molecule has 2 amide bonds. The monoisotopic (exact) mass is 126 g/mol. The minimum atomic E-state index is -0.583. The Hall–Kier alpha value is -1.32. The smallest absolute Gasteiger partial charge is 0.264 e. The molecule has 1 aliphatic heterocycles. The molecule has 0 aliphatic carbocycles. The molecule has 3 N–H and O–H groups in total. The summed E-state index contributed by atoms with van der Waals surface area (Å²) in [5.74, 6) is -0.760. The largest absolute Gasteiger partial charge is 0.364 e. The average Bonchev–Trinajstić information content (AvgIpc) is 2.14. The van der Waals surface area contributed by atoms with E-state index in [-0.39, 0.29) is 18.0 Å². The molecule has 1 rings (SSSR count). The van der Waals surface area contributed by atoms with Crippen LogP contribution in [-0.4, -0.2) is 11.8 Å². The molecular formula is C5H6N2O2. The second-order valence-electron chi connectivity index (χ2n) is 1.73. The van der Waals surface area contributed by atoms with Gasteiger partial charge in [-0.25, -0.2) is 0 Å². The van der Waals surface area contributed by atoms with Crippen LogP contribution in [0.1, 0.15) is 6.42 Å². The minimum Gasteiger partial charge on any atom is -0.364 e. The van der Waals surface area contributed by atoms with Crippen LogP contribution in [0.2, 0.25) is 0 Å². The van der Waals surface area contributed by atoms with Crippen molar-refractivity contribution in [3.63, 3.8) is 0 Å². The molecule has 1 heterocycles. The van der Waals surface area contributed by atoms with E-state index in [0.29, 0.717) is 0 Å². The van der Waals surface area contributed by atoms with Crippen LogP contribution in [0.4, 0.5) is 0 Å². The fourth-order valence-electron chi connectivity index (χ4n) is 0.609. The van der Waals surface area contributed by atoms with Gasteiger partial charge in [-0.15, -0.1) is 0 Å². The molecule has 1 aliphatic rings. The Balaban J connectivity index is 2.65. The lowest BCUT2D eigenvalue weighted by molar-refractivity contribution is -0.121. The minimum absolute atomic E-state index is 0.177. The maximum atomic E-state index is 10.4. The zero-order valence-electron chi connectivity index (χ0n) is 4.68. The third-order valence-corrected chi connectivity index (χ3v) is 1.03. The molecule has 0 bridgehead atoms. The van der Waals surface area contributed by atoms with Crippen LogP contribution in [0.15, 0.2) is 11.8 Å². The van der Waals surface area contributed by atoms with Crippen LogP contribution < -0.4 is 11.1 Å². The summed E-state index contributed by atoms with van der Waals surface area (Å²) in [5, 5.41) is 2.30. The fraction of sp³-hybridized carbons (Fsp3) is 0.200. The molecule has 0 saturated carbocycles. The molecule has 4 nitrogen and oxygen atoms in total. The Labute approximate surface area is 51.7 Å². The number of nitrogens with two attached hydrogens (primary N) is 1. The van der Waals surface area contributed by atoms with Gasteiger partial charge in [-0.2, -0.15) is 0 Å². The first-order valence-corrected chi connectivity index (χ1v) is 2.50. The highest BCUT2D eigenvalue weighted by molar-refractivity contribution is 5.99. The number of hydrogen-bond donors (Lipinski definition) is 2. The number of primary amides is 1. The number of amides is 2. The van der Waals surface area contributed by atoms with Gasteiger partial charge in [0.2, 0.25) is 5.91 Å². The van der Waals surface area contributed by atoms with Crippen LogP contribution in [0, 0.1) is 0 Å². The van der Waals surface area contributed by atoms with Gasteiger partial charge in [0, 0.05) is 6.42 Å². The second-order valence-corrected chi connectivity index (χ2v) is 1.73. The third-order valence-electron chi connectivity index (χ3n) is 1.03. The van der Waals surface area contributed by atoms with Crippen molar-refractivity contribution in [2.24, 2.45) is 5.73 Å². The van der Waals surface area contributed by atoms with Crippen molar-refractivity contribution < 1.29 is 9.59 Å². The highest BCUT2D eigenvalue weighted by atomic mass is 16.2. The van der Waals surface area contributed by atoms with Crippen LogP contribution in [-0.2, 0) is 9.59 Å². The van der Waals surface area contributed by atoms with Crippen molar-refractivity contribution in [1.29, 1.82) is 0 Å². The Morgan fingerprint density at radius 3 is 2.67 bits per heavy atom. The van der Waals surface area contributed by atoms with Crippen molar-refractivity contribution >= 4 is 11.8 Å². The second kappa shape index (κ2) is 1.89. The van der Waals surface area contributed by atoms with E-state index in [0.717, 1.165) is 0 Å². The average molecular weight is 126 g/mol. The Kier molecular flexibility index (Phi) is 1.22. The van der Waals surface area contributed by atoms with Gasteiger partial charge in [0.15, 0.2) is 0 Å². The zero-order chi connectivity index (χ0) is 6.85. The first-order chi connectivity index (χ1) is 4.20. The molecular weight excluding hydrogens is 120 g/mol. The van der Waals surface area contributed by atoms with Gasteiger partial charge in [0.1, 0.15) is 5.70 Å². The van der Waals surface area contributed by atoms with Gasteiger partial charge in [0.05, 0.1) is 0 Å². The highest BCUT2D eigenvalue weighted by Gasteiger charge is 2.14. The number of rotatable bonds is 1. The van der Waals surface area contributed by atoms with Gasteiger partial charge < -0.3 is 11.1 Å². The van der Waals surface area contributed by atoms with E-state index in [1.165, 1.54) is 6.08 Å². The van der Waals surface area contributed by atoms with Gasteiger partial charge in [-0.1, -0.05) is 0 Å². The van der Waals surface area contributed by atoms with Crippen molar-refractivity contribution in [2.45, 2.75) is 6.42 Å². The summed E-state index contributed by atoms with van der Waals surface area (Å²) in [5.41, 5.74) is 5.05. The summed E-state index contributed by atoms with van der Waals surface area (Å²) in [6, 6.07) is 0. The van der Waals surface area contributed by atoms with Crippen LogP contribution in [0.25, 0.3) is 0 Å². The first kappa shape index (κ1) is 5.81. The molecule has 0 aromatic heterocycles. The van der Waals surface area contributed by atoms with Gasteiger partial charge >= 0.3 is 0 Å². The highest BCUT2D eigenvalue weighted by Crippen LogP contribution is 2.00. The van der Waals surface area contributed by atoms with Crippen molar-refractivity contribution in [2.75, 3.05) is 0 Å². The van der Waals surface area contributed by atoms with E-state index in [4.69, 9.17) is 5.73 Å². The maximum Gasteiger partial charge on any atom is 0.264 e. The van der Waals surface area contributed by atoms with E-state index in [2.05, 4.69) is 5.32 Å². The quantitative estimate of drug-likeness (QED) is 0.467. The Morgan fingerprint density at radius 1 is 1.78 bits per heavy atom. The molecule has 0 aromatic rings. The number of hydrogen-bond acceptors (Lipinski definition) is 2. The number of nitrogens with one attached hydrogen (secondary N) is 1. The third kappa shape index (κ3) is 1.07. The molecule has 0 atom stereocenters. The van der Waals surface area contributed by atoms with E-state index in [9.17, 15) is 9.59 Å². The summed E-state index contributed by atoms with van der Waals surface area (Å²) in [7, 11) is 0. The SMILES string of the molecule is NC(=O)C1=CCC(=O)N1. The molecule has 0 aromatic carbocycles. The predicted octanol–water partition coefficient (Wildman–Crippen LogP) is -1.12. The lowest BCUT2D eigenvalue weighted by Crippen LogP contribution is -2.25. The van der Waals surface area contributed by atoms with E-state index in [1.54, 1.807) is 0 Å². The summed E-state index contributed by atoms with van der Waals surface area (Å²) in [6.07, 6.45) is 1.74. The van der Waals surface area contributed by atoms with E-state index >= 15 is 0 Å². The molecule has 0 unspecified atom stereocenters. The lowest BCUT2D eigenvalue weighted by Gasteiger charge is -1.93. The molecule has 48 valence electrons. The van der Waals surface area contributed by atoms with Crippen molar-refractivity contribution in [3.8, 4) is 0 Å². The molecule has 9 heavy (non-hydrogen) atoms. The number of carbonyl (C=O) groups excluding carboxylic acids is 2. The normalized spacial score (nSPS) is 16.9. The molecule has 4 heteroatoms. The Bertz CT molecular complexity index is 195. The summed E-state index contributed by atoms with van der Waals surface area (Å²) >= 11 is 0. The van der Waals surface area contributed by atoms with Gasteiger partial charge in [0.25, 0.3) is 5.91 Å². The predicted molar refractivity (Wildman–Crippen MR) is 30.0 cm³/mol. The summed E-state index contributed by atoms with van der Waals surface area (Å²) in [4.78, 5) is 20.7. The van der Waals surface area contributed by atoms with Gasteiger partial charge in [-0.05, 0) is 6.08 Å². The van der Waals surface area contributed by atoms with Gasteiger partial charge in [-0.3, -0.25) is 9.59 Å². The van der Waals surface area contributed by atoms with Crippen LogP contribution in [0.3, 0.4) is 0 Å². The fourth-order valence-corrected chi connectivity index (χ4v) is 0.609. The number of carbonyl (C=O) groups is 2. The van der Waals surface area contributed by atoms with Crippen molar-refractivity contribution in [1.82, 2.24) is 5.32 Å². The molecule has 0 spiro atoms. The lowest BCUT2D eigenvalue weighted by atomic mass is 10.4. The standard InChI is InChI=1S/C5H6N2O2/c6-5(9)3-1-2-4(8)7-3/h1H,2H2,(H2,6,9)(H,7,8). The Morgan fingerprint density at radius 2 is 2.44 bits per heavy atom. The molecule has 0 radical (unpaired) electrons. The first-order valence-electron chi connectivity index (χ1n) is 2.50. The van der Waals surface area contributed by atoms with Crippen LogP contribution in [0.5, 0.6) is 0 Å². The van der Waals surface area contributed by atoms with E-state index in [1.807, 2.05) is 0 Å². The summed E-state index contributed by atoms with van der Waals surface area (Å²) < 4.78 is 0. The maximum absolute atomic E-state index is 10.4. The zero-order valence-corrected chi connectivity index (χ0v) is 4.68. The van der Waals surface area contributed by atoms with Crippen LogP contribution >= 0.6 is 0 Å². The summed E-state index contributed by atoms with van der Waals surface area (Å²) in [6.45, 7) is 0. The van der Waals surface area contributed by atoms with Crippen molar-refractivity contribution in [3.05, 3.63) is 11.8 Å². The molecule has 0 saturated heterocycles. The topological polar surface area (TPSA) is 72.2 Å². The van der Waals surface area contributed by atoms with E-state index < -0.39 is 5.91 Å². The molecule has 0 fully saturated rings.